The second-order valence-electron chi connectivity index (χ2n) is 3.94. The van der Waals surface area contributed by atoms with Crippen molar-refractivity contribution in [3.63, 3.8) is 0 Å². The van der Waals surface area contributed by atoms with Gasteiger partial charge in [0.2, 0.25) is 5.16 Å². The van der Waals surface area contributed by atoms with Gasteiger partial charge < -0.3 is 0 Å². The maximum absolute atomic E-state index is 11.4. The smallest absolute Gasteiger partial charge is 0.209 e. The molecule has 0 aliphatic carbocycles. The molecule has 0 bridgehead atoms. The van der Waals surface area contributed by atoms with E-state index >= 15 is 0 Å². The highest BCUT2D eigenvalue weighted by Gasteiger charge is 2.08. The van der Waals surface area contributed by atoms with Gasteiger partial charge in [0.1, 0.15) is 5.78 Å². The number of Topliss-reactive ketones (excluding diaryl/α,β-unsaturated/α-hetero) is 1. The Hall–Kier alpha value is -1.47. The Labute approximate surface area is 117 Å². The summed E-state index contributed by atoms with van der Waals surface area (Å²) >= 11 is 1.29. The number of hydrogen-bond acceptors (Lipinski definition) is 5. The molecule has 1 unspecified atom stereocenters. The summed E-state index contributed by atoms with van der Waals surface area (Å²) in [4.78, 5) is 15.9. The van der Waals surface area contributed by atoms with Gasteiger partial charge in [0.05, 0.1) is 5.75 Å². The number of benzene rings is 1. The summed E-state index contributed by atoms with van der Waals surface area (Å²) in [6, 6.07) is 7.32. The van der Waals surface area contributed by atoms with Crippen LogP contribution in [0.15, 0.2) is 34.3 Å². The number of H-pyrrole nitrogens is 1. The van der Waals surface area contributed by atoms with Crippen molar-refractivity contribution in [1.82, 2.24) is 15.2 Å². The minimum atomic E-state index is -1.03. The van der Waals surface area contributed by atoms with Crippen molar-refractivity contribution in [3.8, 4) is 11.4 Å². The molecule has 0 radical (unpaired) electrons. The number of ketones is 1. The molecule has 19 heavy (non-hydrogen) atoms. The first-order valence-corrected chi connectivity index (χ1v) is 8.09. The van der Waals surface area contributed by atoms with Gasteiger partial charge in [0, 0.05) is 27.5 Å². The minimum Gasteiger partial charge on any atom is -0.299 e. The number of carbonyl (C=O) groups excluding carboxylic acids is 1. The van der Waals surface area contributed by atoms with Crippen molar-refractivity contribution in [1.29, 1.82) is 0 Å². The van der Waals surface area contributed by atoms with E-state index in [1.807, 2.05) is 18.2 Å². The molecule has 2 aromatic rings. The molecule has 5 nitrogen and oxygen atoms in total. The van der Waals surface area contributed by atoms with Crippen molar-refractivity contribution in [2.45, 2.75) is 17.0 Å². The number of nitrogens with one attached hydrogen (secondary N) is 1. The first-order valence-electron chi connectivity index (χ1n) is 5.55. The lowest BCUT2D eigenvalue weighted by atomic mass is 10.2. The van der Waals surface area contributed by atoms with Gasteiger partial charge in [-0.15, -0.1) is 5.10 Å². The lowest BCUT2D eigenvalue weighted by molar-refractivity contribution is -0.114. The molecule has 1 aromatic carbocycles. The van der Waals surface area contributed by atoms with Gasteiger partial charge in [-0.25, -0.2) is 4.98 Å². The number of carbonyl (C=O) groups is 1. The van der Waals surface area contributed by atoms with E-state index < -0.39 is 10.8 Å². The molecule has 0 saturated heterocycles. The zero-order valence-corrected chi connectivity index (χ0v) is 12.2. The van der Waals surface area contributed by atoms with Crippen LogP contribution in [0.5, 0.6) is 0 Å². The highest BCUT2D eigenvalue weighted by molar-refractivity contribution is 7.99. The Morgan fingerprint density at radius 3 is 2.95 bits per heavy atom. The van der Waals surface area contributed by atoms with Crippen molar-refractivity contribution in [3.05, 3.63) is 24.3 Å². The van der Waals surface area contributed by atoms with Crippen molar-refractivity contribution in [2.24, 2.45) is 0 Å². The molecule has 7 heteroatoms. The highest BCUT2D eigenvalue weighted by atomic mass is 32.2. The number of aromatic amines is 1. The van der Waals surface area contributed by atoms with E-state index in [-0.39, 0.29) is 5.78 Å². The fraction of sp³-hybridized carbons (Fsp3) is 0.250. The summed E-state index contributed by atoms with van der Waals surface area (Å²) in [5.74, 6) is 1.05. The average molecular weight is 295 g/mol. The van der Waals surface area contributed by atoms with Crippen LogP contribution in [0.25, 0.3) is 11.4 Å². The first kappa shape index (κ1) is 14.0. The summed E-state index contributed by atoms with van der Waals surface area (Å²) in [5.41, 5.74) is 0.829. The maximum atomic E-state index is 11.4. The molecular formula is C12H13N3O2S2. The Balaban J connectivity index is 2.20. The van der Waals surface area contributed by atoms with Gasteiger partial charge in [-0.2, -0.15) is 0 Å². The third-order valence-corrected chi connectivity index (χ3v) is 4.22. The zero-order chi connectivity index (χ0) is 13.8. The summed E-state index contributed by atoms with van der Waals surface area (Å²) in [6.07, 6.45) is 1.63. The van der Waals surface area contributed by atoms with Crippen LogP contribution in [-0.4, -0.2) is 37.2 Å². The highest BCUT2D eigenvalue weighted by Crippen LogP contribution is 2.21. The van der Waals surface area contributed by atoms with E-state index in [1.54, 1.807) is 12.3 Å². The summed E-state index contributed by atoms with van der Waals surface area (Å²) in [5, 5.41) is 7.39. The molecule has 1 atom stereocenters. The lowest BCUT2D eigenvalue weighted by Gasteiger charge is -1.99. The molecule has 0 fully saturated rings. The standard InChI is InChI=1S/C12H13N3O2S2/c1-8(16)7-18-12-13-11(14-15-12)9-4-3-5-10(6-9)19(2)17/h3-6H,7H2,1-2H3,(H,13,14,15). The molecule has 0 amide bonds. The summed E-state index contributed by atoms with van der Waals surface area (Å²) in [6.45, 7) is 1.53. The molecule has 0 spiro atoms. The number of rotatable bonds is 5. The topological polar surface area (TPSA) is 75.7 Å². The van der Waals surface area contributed by atoms with E-state index in [1.165, 1.54) is 18.7 Å². The second kappa shape index (κ2) is 6.12. The molecule has 1 N–H and O–H groups in total. The number of thioether (sulfide) groups is 1. The first-order chi connectivity index (χ1) is 9.06. The Kier molecular flexibility index (Phi) is 4.49. The van der Waals surface area contributed by atoms with Gasteiger partial charge in [-0.3, -0.25) is 14.1 Å². The molecule has 1 heterocycles. The van der Waals surface area contributed by atoms with E-state index in [2.05, 4.69) is 15.2 Å². The van der Waals surface area contributed by atoms with Crippen LogP contribution in [0.2, 0.25) is 0 Å². The number of aromatic nitrogens is 3. The minimum absolute atomic E-state index is 0.0831. The zero-order valence-electron chi connectivity index (χ0n) is 10.5. The van der Waals surface area contributed by atoms with Crippen LogP contribution in [0.4, 0.5) is 0 Å². The van der Waals surface area contributed by atoms with Crippen LogP contribution < -0.4 is 0 Å². The fourth-order valence-corrected chi connectivity index (χ4v) is 2.59. The van der Waals surface area contributed by atoms with E-state index in [0.717, 1.165) is 10.5 Å². The third-order valence-electron chi connectivity index (χ3n) is 2.31. The fourth-order valence-electron chi connectivity index (χ4n) is 1.43. The van der Waals surface area contributed by atoms with Gasteiger partial charge >= 0.3 is 0 Å². The monoisotopic (exact) mass is 295 g/mol. The average Bonchev–Trinajstić information content (AvgIpc) is 2.85. The van der Waals surface area contributed by atoms with E-state index in [0.29, 0.717) is 16.7 Å². The van der Waals surface area contributed by atoms with Gasteiger partial charge in [-0.05, 0) is 19.1 Å². The van der Waals surface area contributed by atoms with Crippen LogP contribution >= 0.6 is 11.8 Å². The molecule has 2 rings (SSSR count). The van der Waals surface area contributed by atoms with Crippen LogP contribution in [0.1, 0.15) is 6.92 Å². The van der Waals surface area contributed by atoms with Crippen molar-refractivity contribution >= 4 is 28.3 Å². The normalized spacial score (nSPS) is 12.3. The van der Waals surface area contributed by atoms with Gasteiger partial charge in [0.25, 0.3) is 0 Å². The second-order valence-corrected chi connectivity index (χ2v) is 6.26. The Morgan fingerprint density at radius 1 is 1.47 bits per heavy atom. The maximum Gasteiger partial charge on any atom is 0.209 e. The van der Waals surface area contributed by atoms with Crippen molar-refractivity contribution in [2.75, 3.05) is 12.0 Å². The predicted octanol–water partition coefficient (Wildman–Crippen LogP) is 1.89. The van der Waals surface area contributed by atoms with E-state index in [4.69, 9.17) is 0 Å². The number of hydrogen-bond donors (Lipinski definition) is 1. The summed E-state index contributed by atoms with van der Waals surface area (Å²) in [7, 11) is -1.03. The Morgan fingerprint density at radius 2 is 2.26 bits per heavy atom. The van der Waals surface area contributed by atoms with Crippen molar-refractivity contribution < 1.29 is 9.00 Å². The summed E-state index contributed by atoms with van der Waals surface area (Å²) < 4.78 is 11.4. The van der Waals surface area contributed by atoms with Crippen LogP contribution in [0, 0.1) is 0 Å². The van der Waals surface area contributed by atoms with Gasteiger partial charge in [-0.1, -0.05) is 23.9 Å². The lowest BCUT2D eigenvalue weighted by Crippen LogP contribution is -1.93. The molecule has 0 saturated carbocycles. The number of nitrogens with zero attached hydrogens (tertiary/aromatic N) is 2. The largest absolute Gasteiger partial charge is 0.299 e. The van der Waals surface area contributed by atoms with E-state index in [9.17, 15) is 9.00 Å². The third kappa shape index (κ3) is 3.74. The Bertz CT molecular complexity index is 625. The quantitative estimate of drug-likeness (QED) is 0.853. The molecule has 0 aliphatic rings. The van der Waals surface area contributed by atoms with Crippen LogP contribution in [0.3, 0.4) is 0 Å². The molecule has 100 valence electrons. The van der Waals surface area contributed by atoms with Crippen LogP contribution in [-0.2, 0) is 15.6 Å². The van der Waals surface area contributed by atoms with Gasteiger partial charge in [0.15, 0.2) is 5.82 Å². The molecule has 1 aromatic heterocycles. The SMILES string of the molecule is CC(=O)CSc1n[nH]c(-c2cccc(S(C)=O)c2)n1. The molecular weight excluding hydrogens is 282 g/mol. The molecule has 0 aliphatic heterocycles. The predicted molar refractivity (Wildman–Crippen MR) is 75.6 cm³/mol.